The Labute approximate surface area is 119 Å². The van der Waals surface area contributed by atoms with Crippen molar-refractivity contribution in [1.82, 2.24) is 4.98 Å². The van der Waals surface area contributed by atoms with Gasteiger partial charge in [0.25, 0.3) is 5.69 Å². The van der Waals surface area contributed by atoms with E-state index in [1.165, 1.54) is 12.3 Å². The van der Waals surface area contributed by atoms with E-state index in [4.69, 9.17) is 4.74 Å². The molecule has 1 aromatic heterocycles. The number of halogens is 1. The molecule has 1 saturated carbocycles. The van der Waals surface area contributed by atoms with Crippen LogP contribution >= 0.6 is 15.9 Å². The molecular weight excluding hydrogens is 314 g/mol. The second-order valence-electron chi connectivity index (χ2n) is 5.26. The van der Waals surface area contributed by atoms with Gasteiger partial charge in [0.2, 0.25) is 0 Å². The quantitative estimate of drug-likeness (QED) is 0.678. The van der Waals surface area contributed by atoms with Crippen molar-refractivity contribution in [3.05, 3.63) is 26.9 Å². The zero-order chi connectivity index (χ0) is 14.2. The van der Waals surface area contributed by atoms with Crippen LogP contribution in [0, 0.1) is 15.5 Å². The molecule has 0 amide bonds. The van der Waals surface area contributed by atoms with E-state index in [9.17, 15) is 10.1 Å². The first-order valence-corrected chi connectivity index (χ1v) is 6.75. The van der Waals surface area contributed by atoms with Gasteiger partial charge in [0.1, 0.15) is 12.0 Å². The molecule has 1 fully saturated rings. The zero-order valence-corrected chi connectivity index (χ0v) is 12.6. The van der Waals surface area contributed by atoms with E-state index in [-0.39, 0.29) is 23.2 Å². The Balaban J connectivity index is 2.11. The van der Waals surface area contributed by atoms with E-state index < -0.39 is 4.92 Å². The molecule has 0 radical (unpaired) electrons. The summed E-state index contributed by atoms with van der Waals surface area (Å²) in [7, 11) is 1.71. The summed E-state index contributed by atoms with van der Waals surface area (Å²) < 4.78 is 5.98. The maximum Gasteiger partial charge on any atom is 0.288 e. The number of ether oxygens (including phenoxy) is 1. The minimum Gasteiger partial charge on any atom is -0.381 e. The topological polar surface area (TPSA) is 77.3 Å². The van der Waals surface area contributed by atoms with Crippen LogP contribution in [0.1, 0.15) is 20.3 Å². The molecule has 0 bridgehead atoms. The highest BCUT2D eigenvalue weighted by molar-refractivity contribution is 9.10. The molecule has 2 unspecified atom stereocenters. The minimum atomic E-state index is -0.463. The van der Waals surface area contributed by atoms with E-state index in [0.29, 0.717) is 10.3 Å². The summed E-state index contributed by atoms with van der Waals surface area (Å²) in [5.74, 6) is 0.623. The van der Waals surface area contributed by atoms with Crippen LogP contribution in [0.4, 0.5) is 11.5 Å². The second-order valence-corrected chi connectivity index (χ2v) is 6.11. The largest absolute Gasteiger partial charge is 0.381 e. The van der Waals surface area contributed by atoms with Gasteiger partial charge in [-0.3, -0.25) is 10.1 Å². The number of hydrogen-bond donors (Lipinski definition) is 1. The molecule has 7 heteroatoms. The molecule has 1 aliphatic carbocycles. The Hall–Kier alpha value is -1.21. The highest BCUT2D eigenvalue weighted by Gasteiger charge is 2.48. The van der Waals surface area contributed by atoms with E-state index in [0.717, 1.165) is 6.42 Å². The zero-order valence-electron chi connectivity index (χ0n) is 11.0. The first-order chi connectivity index (χ1) is 8.86. The predicted octanol–water partition coefficient (Wildman–Crippen LogP) is 2.98. The molecule has 1 N–H and O–H groups in total. The van der Waals surface area contributed by atoms with Crippen LogP contribution < -0.4 is 5.32 Å². The molecule has 1 heterocycles. The van der Waals surface area contributed by atoms with Crippen LogP contribution in [0.15, 0.2) is 16.7 Å². The summed E-state index contributed by atoms with van der Waals surface area (Å²) in [6, 6.07) is 1.69. The fourth-order valence-electron chi connectivity index (χ4n) is 2.33. The van der Waals surface area contributed by atoms with E-state index in [1.807, 2.05) is 0 Å². The average Bonchev–Trinajstić information content (AvgIpc) is 2.35. The number of anilines is 1. The van der Waals surface area contributed by atoms with Crippen molar-refractivity contribution < 1.29 is 9.66 Å². The molecule has 6 nitrogen and oxygen atoms in total. The normalized spacial score (nSPS) is 24.6. The number of hydrogen-bond acceptors (Lipinski definition) is 5. The lowest BCUT2D eigenvalue weighted by molar-refractivity contribution is -0.385. The van der Waals surface area contributed by atoms with Gasteiger partial charge in [-0.05, 0) is 22.4 Å². The number of nitrogens with zero attached hydrogens (tertiary/aromatic N) is 2. The van der Waals surface area contributed by atoms with Crippen molar-refractivity contribution in [1.29, 1.82) is 0 Å². The molecule has 104 valence electrons. The molecule has 2 atom stereocenters. The SMILES string of the molecule is COC1CC(Nc2ncc([N+](=O)[O-])cc2Br)C1(C)C. The van der Waals surface area contributed by atoms with Crippen molar-refractivity contribution in [2.45, 2.75) is 32.4 Å². The molecular formula is C12H16BrN3O3. The third kappa shape index (κ3) is 2.57. The van der Waals surface area contributed by atoms with Crippen molar-refractivity contribution >= 4 is 27.4 Å². The first kappa shape index (κ1) is 14.2. The van der Waals surface area contributed by atoms with Gasteiger partial charge in [0.05, 0.1) is 15.5 Å². The van der Waals surface area contributed by atoms with Crippen LogP contribution in [0.2, 0.25) is 0 Å². The standard InChI is InChI=1S/C12H16BrN3O3/c1-12(2)9(5-10(12)19-3)15-11-8(13)4-7(6-14-11)16(17)18/h4,6,9-10H,5H2,1-3H3,(H,14,15). The van der Waals surface area contributed by atoms with E-state index in [1.54, 1.807) is 7.11 Å². The second kappa shape index (κ2) is 5.05. The lowest BCUT2D eigenvalue weighted by atomic mass is 9.64. The molecule has 1 aliphatic rings. The van der Waals surface area contributed by atoms with Crippen molar-refractivity contribution in [3.63, 3.8) is 0 Å². The van der Waals surface area contributed by atoms with Gasteiger partial charge in [-0.1, -0.05) is 13.8 Å². The highest BCUT2D eigenvalue weighted by atomic mass is 79.9. The number of rotatable bonds is 4. The highest BCUT2D eigenvalue weighted by Crippen LogP contribution is 2.44. The third-order valence-electron chi connectivity index (χ3n) is 3.81. The number of aromatic nitrogens is 1. The maximum atomic E-state index is 10.6. The molecule has 0 spiro atoms. The van der Waals surface area contributed by atoms with Gasteiger partial charge < -0.3 is 10.1 Å². The van der Waals surface area contributed by atoms with Gasteiger partial charge in [-0.15, -0.1) is 0 Å². The Kier molecular flexibility index (Phi) is 3.78. The number of nitrogens with one attached hydrogen (secondary N) is 1. The van der Waals surface area contributed by atoms with Crippen molar-refractivity contribution in [3.8, 4) is 0 Å². The van der Waals surface area contributed by atoms with Crippen LogP contribution in [-0.4, -0.2) is 29.2 Å². The monoisotopic (exact) mass is 329 g/mol. The minimum absolute atomic E-state index is 0.0116. The Morgan fingerprint density at radius 3 is 2.79 bits per heavy atom. The Morgan fingerprint density at radius 2 is 2.32 bits per heavy atom. The summed E-state index contributed by atoms with van der Waals surface area (Å²) in [4.78, 5) is 14.3. The molecule has 1 aromatic rings. The van der Waals surface area contributed by atoms with E-state index >= 15 is 0 Å². The van der Waals surface area contributed by atoms with Gasteiger partial charge in [-0.2, -0.15) is 0 Å². The molecule has 0 aliphatic heterocycles. The number of nitro groups is 1. The molecule has 19 heavy (non-hydrogen) atoms. The molecule has 2 rings (SSSR count). The summed E-state index contributed by atoms with van der Waals surface area (Å²) in [5.41, 5.74) is -0.0162. The maximum absolute atomic E-state index is 10.6. The molecule has 0 saturated heterocycles. The lowest BCUT2D eigenvalue weighted by Gasteiger charge is -2.51. The average molecular weight is 330 g/mol. The summed E-state index contributed by atoms with van der Waals surface area (Å²) in [5, 5.41) is 14.0. The van der Waals surface area contributed by atoms with Gasteiger partial charge in [0.15, 0.2) is 0 Å². The Morgan fingerprint density at radius 1 is 1.63 bits per heavy atom. The van der Waals surface area contributed by atoms with E-state index in [2.05, 4.69) is 40.1 Å². The summed E-state index contributed by atoms with van der Waals surface area (Å²) in [6.07, 6.45) is 2.38. The molecule has 0 aromatic carbocycles. The van der Waals surface area contributed by atoms with Gasteiger partial charge in [-0.25, -0.2) is 4.98 Å². The van der Waals surface area contributed by atoms with Crippen molar-refractivity contribution in [2.75, 3.05) is 12.4 Å². The van der Waals surface area contributed by atoms with Gasteiger partial charge in [0, 0.05) is 24.6 Å². The predicted molar refractivity (Wildman–Crippen MR) is 75.2 cm³/mol. The number of methoxy groups -OCH3 is 1. The fraction of sp³-hybridized carbons (Fsp3) is 0.583. The third-order valence-corrected chi connectivity index (χ3v) is 4.42. The van der Waals surface area contributed by atoms with Crippen LogP contribution in [0.5, 0.6) is 0 Å². The van der Waals surface area contributed by atoms with Crippen LogP contribution in [0.25, 0.3) is 0 Å². The van der Waals surface area contributed by atoms with Crippen LogP contribution in [0.3, 0.4) is 0 Å². The Bertz CT molecular complexity index is 507. The summed E-state index contributed by atoms with van der Waals surface area (Å²) in [6.45, 7) is 4.25. The van der Waals surface area contributed by atoms with Crippen molar-refractivity contribution in [2.24, 2.45) is 5.41 Å². The lowest BCUT2D eigenvalue weighted by Crippen LogP contribution is -2.57. The first-order valence-electron chi connectivity index (χ1n) is 5.95. The fourth-order valence-corrected chi connectivity index (χ4v) is 2.78. The number of pyridine rings is 1. The van der Waals surface area contributed by atoms with Crippen LogP contribution in [-0.2, 0) is 4.74 Å². The van der Waals surface area contributed by atoms with Gasteiger partial charge >= 0.3 is 0 Å². The smallest absolute Gasteiger partial charge is 0.288 e. The summed E-state index contributed by atoms with van der Waals surface area (Å²) >= 11 is 3.31.